The largest absolute Gasteiger partial charge is 0.457 e. The smallest absolute Gasteiger partial charge is 0.349 e. The average Bonchev–Trinajstić information content (AvgIpc) is 2.83. The third kappa shape index (κ3) is 3.05. The number of hydrogen-bond acceptors (Lipinski definition) is 5. The van der Waals surface area contributed by atoms with Crippen molar-refractivity contribution in [2.45, 2.75) is 20.5 Å². The Morgan fingerprint density at radius 2 is 2.17 bits per heavy atom. The van der Waals surface area contributed by atoms with Crippen LogP contribution in [0.15, 0.2) is 23.0 Å². The molecule has 0 spiro atoms. The highest BCUT2D eigenvalue weighted by Crippen LogP contribution is 2.28. The number of fused-ring (bicyclic) bond motifs is 1. The molecule has 3 rings (SSSR count). The van der Waals surface area contributed by atoms with E-state index in [0.717, 1.165) is 17.4 Å². The number of nitrogens with zero attached hydrogens (tertiary/aromatic N) is 1. The van der Waals surface area contributed by atoms with Gasteiger partial charge in [-0.3, -0.25) is 4.79 Å². The van der Waals surface area contributed by atoms with Crippen LogP contribution in [0.2, 0.25) is 5.02 Å². The van der Waals surface area contributed by atoms with Crippen LogP contribution in [0.1, 0.15) is 26.6 Å². The van der Waals surface area contributed by atoms with Gasteiger partial charge < -0.3 is 9.72 Å². The normalized spacial score (nSPS) is 11.0. The van der Waals surface area contributed by atoms with Crippen LogP contribution < -0.4 is 5.56 Å². The molecule has 0 saturated heterocycles. The lowest BCUT2D eigenvalue weighted by molar-refractivity contribution is 0.0478. The molecule has 0 aliphatic heterocycles. The maximum absolute atomic E-state index is 13.0. The van der Waals surface area contributed by atoms with Gasteiger partial charge >= 0.3 is 5.97 Å². The Labute approximate surface area is 145 Å². The van der Waals surface area contributed by atoms with Crippen molar-refractivity contribution in [2.24, 2.45) is 0 Å². The predicted molar refractivity (Wildman–Crippen MR) is 90.2 cm³/mol. The van der Waals surface area contributed by atoms with Gasteiger partial charge in [-0.1, -0.05) is 17.7 Å². The van der Waals surface area contributed by atoms with Crippen molar-refractivity contribution in [1.82, 2.24) is 9.97 Å². The van der Waals surface area contributed by atoms with E-state index in [-0.39, 0.29) is 17.2 Å². The van der Waals surface area contributed by atoms with Crippen molar-refractivity contribution < 1.29 is 13.9 Å². The van der Waals surface area contributed by atoms with Crippen LogP contribution in [0.25, 0.3) is 10.2 Å². The molecule has 2 aromatic heterocycles. The minimum absolute atomic E-state index is 0.0888. The molecule has 0 aliphatic rings. The lowest BCUT2D eigenvalue weighted by Crippen LogP contribution is -2.10. The quantitative estimate of drug-likeness (QED) is 0.716. The summed E-state index contributed by atoms with van der Waals surface area (Å²) in [6.45, 7) is 3.26. The number of H-pyrrole nitrogens is 1. The molecule has 0 unspecified atom stereocenters. The number of carbonyl (C=O) groups excluding carboxylic acids is 1. The van der Waals surface area contributed by atoms with Crippen molar-refractivity contribution in [3.63, 3.8) is 0 Å². The topological polar surface area (TPSA) is 72.0 Å². The summed E-state index contributed by atoms with van der Waals surface area (Å²) in [5.74, 6) is -0.559. The summed E-state index contributed by atoms with van der Waals surface area (Å²) >= 11 is 7.01. The molecule has 24 heavy (non-hydrogen) atoms. The Bertz CT molecular complexity index is 1010. The van der Waals surface area contributed by atoms with Crippen LogP contribution in [0.5, 0.6) is 0 Å². The second kappa shape index (κ2) is 6.33. The first-order chi connectivity index (χ1) is 11.4. The van der Waals surface area contributed by atoms with Gasteiger partial charge in [0, 0.05) is 5.56 Å². The van der Waals surface area contributed by atoms with Crippen molar-refractivity contribution in [3.8, 4) is 0 Å². The monoisotopic (exact) mass is 366 g/mol. The summed E-state index contributed by atoms with van der Waals surface area (Å²) in [5, 5.41) is 0.571. The SMILES string of the molecule is Cc1nc2sc(C(=O)OCc3ccc(F)cc3Cl)c(C)c2c(=O)[nH]1. The standard InChI is InChI=1S/C16H12ClFN2O3S/c1-7-12-14(21)19-8(2)20-15(12)24-13(7)16(22)23-6-9-3-4-10(18)5-11(9)17/h3-5H,6H2,1-2H3,(H,19,20,21). The number of thiophene rings is 1. The van der Waals surface area contributed by atoms with E-state index in [1.165, 1.54) is 12.1 Å². The van der Waals surface area contributed by atoms with Gasteiger partial charge in [0.25, 0.3) is 5.56 Å². The molecule has 2 heterocycles. The number of carbonyl (C=O) groups is 1. The van der Waals surface area contributed by atoms with Gasteiger partial charge in [-0.25, -0.2) is 14.2 Å². The van der Waals surface area contributed by atoms with Crippen LogP contribution >= 0.6 is 22.9 Å². The van der Waals surface area contributed by atoms with E-state index >= 15 is 0 Å². The number of benzene rings is 1. The molecule has 8 heteroatoms. The second-order valence-corrected chi connectivity index (χ2v) is 6.61. The first-order valence-corrected chi connectivity index (χ1v) is 8.17. The molecular formula is C16H12ClFN2O3S. The fourth-order valence-electron chi connectivity index (χ4n) is 2.29. The van der Waals surface area contributed by atoms with E-state index in [1.54, 1.807) is 13.8 Å². The molecular weight excluding hydrogens is 355 g/mol. The maximum atomic E-state index is 13.0. The fourth-order valence-corrected chi connectivity index (χ4v) is 3.64. The summed E-state index contributed by atoms with van der Waals surface area (Å²) in [5.41, 5.74) is 0.739. The number of esters is 1. The fraction of sp³-hybridized carbons (Fsp3) is 0.188. The van der Waals surface area contributed by atoms with E-state index in [1.807, 2.05) is 0 Å². The van der Waals surface area contributed by atoms with Gasteiger partial charge in [0.2, 0.25) is 0 Å². The number of ether oxygens (including phenoxy) is 1. The number of nitrogens with one attached hydrogen (secondary N) is 1. The Morgan fingerprint density at radius 3 is 2.88 bits per heavy atom. The zero-order valence-corrected chi connectivity index (χ0v) is 14.3. The first-order valence-electron chi connectivity index (χ1n) is 6.98. The van der Waals surface area contributed by atoms with Gasteiger partial charge in [0.1, 0.15) is 28.0 Å². The minimum Gasteiger partial charge on any atom is -0.457 e. The first kappa shape index (κ1) is 16.6. The van der Waals surface area contributed by atoms with Crippen LogP contribution in [0.3, 0.4) is 0 Å². The third-order valence-electron chi connectivity index (χ3n) is 3.48. The number of rotatable bonds is 3. The summed E-state index contributed by atoms with van der Waals surface area (Å²) in [6.07, 6.45) is 0. The molecule has 0 fully saturated rings. The molecule has 124 valence electrons. The lowest BCUT2D eigenvalue weighted by atomic mass is 10.2. The highest BCUT2D eigenvalue weighted by molar-refractivity contribution is 7.20. The van der Waals surface area contributed by atoms with Crippen LogP contribution in [0, 0.1) is 19.7 Å². The van der Waals surface area contributed by atoms with E-state index in [4.69, 9.17) is 16.3 Å². The van der Waals surface area contributed by atoms with Crippen LogP contribution in [-0.4, -0.2) is 15.9 Å². The van der Waals surface area contributed by atoms with E-state index in [9.17, 15) is 14.0 Å². The van der Waals surface area contributed by atoms with Gasteiger partial charge in [-0.15, -0.1) is 11.3 Å². The van der Waals surface area contributed by atoms with Gasteiger partial charge in [0.15, 0.2) is 0 Å². The Hall–Kier alpha value is -2.25. The van der Waals surface area contributed by atoms with E-state index in [0.29, 0.717) is 32.0 Å². The van der Waals surface area contributed by atoms with E-state index in [2.05, 4.69) is 9.97 Å². The maximum Gasteiger partial charge on any atom is 0.349 e. The van der Waals surface area contributed by atoms with Crippen molar-refractivity contribution in [1.29, 1.82) is 0 Å². The van der Waals surface area contributed by atoms with Crippen molar-refractivity contribution >= 4 is 39.1 Å². The Kier molecular flexibility index (Phi) is 4.38. The van der Waals surface area contributed by atoms with E-state index < -0.39 is 11.8 Å². The zero-order valence-electron chi connectivity index (χ0n) is 12.8. The molecule has 3 aromatic rings. The summed E-state index contributed by atoms with van der Waals surface area (Å²) < 4.78 is 18.3. The predicted octanol–water partition coefficient (Wildman–Crippen LogP) is 3.75. The summed E-state index contributed by atoms with van der Waals surface area (Å²) in [4.78, 5) is 32.0. The van der Waals surface area contributed by atoms with Crippen LogP contribution in [0.4, 0.5) is 4.39 Å². The third-order valence-corrected chi connectivity index (χ3v) is 5.00. The molecule has 0 atom stereocenters. The average molecular weight is 367 g/mol. The molecule has 0 aliphatic carbocycles. The highest BCUT2D eigenvalue weighted by Gasteiger charge is 2.20. The summed E-state index contributed by atoms with van der Waals surface area (Å²) in [6, 6.07) is 3.85. The second-order valence-electron chi connectivity index (χ2n) is 5.20. The van der Waals surface area contributed by atoms with Crippen molar-refractivity contribution in [3.05, 3.63) is 61.2 Å². The van der Waals surface area contributed by atoms with Gasteiger partial charge in [-0.05, 0) is 31.5 Å². The zero-order chi connectivity index (χ0) is 17.4. The molecule has 0 bridgehead atoms. The van der Waals surface area contributed by atoms with Gasteiger partial charge in [-0.2, -0.15) is 0 Å². The molecule has 0 saturated carbocycles. The number of aryl methyl sites for hydroxylation is 2. The molecule has 5 nitrogen and oxygen atoms in total. The van der Waals surface area contributed by atoms with Crippen LogP contribution in [-0.2, 0) is 11.3 Å². The Balaban J connectivity index is 1.88. The number of hydrogen-bond donors (Lipinski definition) is 1. The number of halogens is 2. The highest BCUT2D eigenvalue weighted by atomic mass is 35.5. The lowest BCUT2D eigenvalue weighted by Gasteiger charge is -2.06. The van der Waals surface area contributed by atoms with Gasteiger partial charge in [0.05, 0.1) is 10.4 Å². The van der Waals surface area contributed by atoms with Crippen molar-refractivity contribution in [2.75, 3.05) is 0 Å². The molecule has 1 N–H and O–H groups in total. The molecule has 0 amide bonds. The summed E-state index contributed by atoms with van der Waals surface area (Å²) in [7, 11) is 0. The minimum atomic E-state index is -0.576. The number of aromatic nitrogens is 2. The Morgan fingerprint density at radius 1 is 1.42 bits per heavy atom. The molecule has 0 radical (unpaired) electrons. The molecule has 1 aromatic carbocycles. The number of aromatic amines is 1.